The largest absolute Gasteiger partial charge is 0.357 e. The third-order valence-corrected chi connectivity index (χ3v) is 5.60. The topological polar surface area (TPSA) is 97.1 Å². The van der Waals surface area contributed by atoms with Gasteiger partial charge in [-0.2, -0.15) is 5.10 Å². The van der Waals surface area contributed by atoms with Gasteiger partial charge in [-0.05, 0) is 37.1 Å². The lowest BCUT2D eigenvalue weighted by Gasteiger charge is -2.37. The highest BCUT2D eigenvalue weighted by Crippen LogP contribution is 2.20. The molecule has 3 N–H and O–H groups in total. The number of carbonyl (C=O) groups excluding carboxylic acids is 2. The fourth-order valence-electron chi connectivity index (χ4n) is 3.73. The molecule has 2 aromatic heterocycles. The van der Waals surface area contributed by atoms with E-state index in [1.165, 1.54) is 6.20 Å². The standard InChI is InChI=1S/C20H23ClN6O2/c1-26(17-3-2-6-27(12-17)19(28)14-9-23-24-10-14)20(29)22-11-16-8-13-7-15(21)4-5-18(13)25-16/h4-5,7-10,17,25H,2-3,6,11-12H2,1H3,(H,22,29)(H,23,24). The zero-order chi connectivity index (χ0) is 20.4. The first kappa shape index (κ1) is 19.3. The quantitative estimate of drug-likeness (QED) is 0.612. The number of piperidine rings is 1. The highest BCUT2D eigenvalue weighted by Gasteiger charge is 2.29. The van der Waals surface area contributed by atoms with Crippen molar-refractivity contribution in [3.05, 3.63) is 52.9 Å². The van der Waals surface area contributed by atoms with E-state index in [2.05, 4.69) is 20.5 Å². The van der Waals surface area contributed by atoms with Crippen molar-refractivity contribution >= 4 is 34.4 Å². The van der Waals surface area contributed by atoms with Crippen LogP contribution in [0.25, 0.3) is 10.9 Å². The van der Waals surface area contributed by atoms with Crippen molar-refractivity contribution in [1.82, 2.24) is 30.3 Å². The number of fused-ring (bicyclic) bond motifs is 1. The van der Waals surface area contributed by atoms with Gasteiger partial charge >= 0.3 is 6.03 Å². The minimum absolute atomic E-state index is 0.0267. The summed E-state index contributed by atoms with van der Waals surface area (Å²) in [6.45, 7) is 1.59. The molecule has 9 heteroatoms. The first-order valence-corrected chi connectivity index (χ1v) is 9.95. The molecule has 4 rings (SSSR count). The van der Waals surface area contributed by atoms with E-state index < -0.39 is 0 Å². The molecule has 29 heavy (non-hydrogen) atoms. The molecule has 1 saturated heterocycles. The van der Waals surface area contributed by atoms with Crippen LogP contribution in [-0.4, -0.2) is 63.1 Å². The number of aromatic amines is 2. The van der Waals surface area contributed by atoms with Crippen molar-refractivity contribution in [1.29, 1.82) is 0 Å². The van der Waals surface area contributed by atoms with E-state index >= 15 is 0 Å². The SMILES string of the molecule is CN(C(=O)NCc1cc2cc(Cl)ccc2[nH]1)C1CCCN(C(=O)c2cn[nH]c2)C1. The molecule has 1 aliphatic heterocycles. The summed E-state index contributed by atoms with van der Waals surface area (Å²) in [4.78, 5) is 32.0. The lowest BCUT2D eigenvalue weighted by Crippen LogP contribution is -2.52. The van der Waals surface area contributed by atoms with Crippen LogP contribution in [0.2, 0.25) is 5.02 Å². The molecular weight excluding hydrogens is 392 g/mol. The van der Waals surface area contributed by atoms with Crippen molar-refractivity contribution < 1.29 is 9.59 Å². The number of amides is 3. The summed E-state index contributed by atoms with van der Waals surface area (Å²) in [5, 5.41) is 11.1. The molecule has 0 saturated carbocycles. The number of likely N-dealkylation sites (tertiary alicyclic amines) is 1. The Morgan fingerprint density at radius 2 is 2.24 bits per heavy atom. The van der Waals surface area contributed by atoms with E-state index in [1.807, 2.05) is 24.3 Å². The second kappa shape index (κ2) is 8.16. The maximum absolute atomic E-state index is 12.7. The third-order valence-electron chi connectivity index (χ3n) is 5.37. The average molecular weight is 415 g/mol. The highest BCUT2D eigenvalue weighted by atomic mass is 35.5. The highest BCUT2D eigenvalue weighted by molar-refractivity contribution is 6.31. The van der Waals surface area contributed by atoms with Gasteiger partial charge in [0.1, 0.15) is 0 Å². The van der Waals surface area contributed by atoms with E-state index in [4.69, 9.17) is 11.6 Å². The smallest absolute Gasteiger partial charge is 0.317 e. The molecule has 3 amide bonds. The van der Waals surface area contributed by atoms with Crippen molar-refractivity contribution in [3.8, 4) is 0 Å². The molecule has 8 nitrogen and oxygen atoms in total. The van der Waals surface area contributed by atoms with Gasteiger partial charge in [0.05, 0.1) is 24.3 Å². The second-order valence-electron chi connectivity index (χ2n) is 7.33. The van der Waals surface area contributed by atoms with Crippen molar-refractivity contribution in [3.63, 3.8) is 0 Å². The van der Waals surface area contributed by atoms with Crippen LogP contribution in [0.4, 0.5) is 4.79 Å². The number of urea groups is 1. The third kappa shape index (κ3) is 4.22. The summed E-state index contributed by atoms with van der Waals surface area (Å²) in [5.74, 6) is -0.0611. The van der Waals surface area contributed by atoms with E-state index in [0.717, 1.165) is 29.4 Å². The van der Waals surface area contributed by atoms with Gasteiger partial charge in [-0.1, -0.05) is 11.6 Å². The number of nitrogens with one attached hydrogen (secondary N) is 3. The lowest BCUT2D eigenvalue weighted by atomic mass is 10.0. The molecule has 1 aromatic carbocycles. The Hall–Kier alpha value is -3.00. The first-order chi connectivity index (χ1) is 14.0. The molecule has 0 spiro atoms. The van der Waals surface area contributed by atoms with Crippen LogP contribution in [0.5, 0.6) is 0 Å². The normalized spacial score (nSPS) is 16.8. The van der Waals surface area contributed by atoms with Crippen molar-refractivity contribution in [2.75, 3.05) is 20.1 Å². The van der Waals surface area contributed by atoms with Crippen LogP contribution >= 0.6 is 11.6 Å². The van der Waals surface area contributed by atoms with Gasteiger partial charge < -0.3 is 20.1 Å². The predicted octanol–water partition coefficient (Wildman–Crippen LogP) is 2.99. The fourth-order valence-corrected chi connectivity index (χ4v) is 3.91. The van der Waals surface area contributed by atoms with Crippen molar-refractivity contribution in [2.45, 2.75) is 25.4 Å². The van der Waals surface area contributed by atoms with Crippen LogP contribution in [0.15, 0.2) is 36.7 Å². The zero-order valence-electron chi connectivity index (χ0n) is 16.1. The summed E-state index contributed by atoms with van der Waals surface area (Å²) in [6.07, 6.45) is 4.84. The Balaban J connectivity index is 1.34. The number of H-pyrrole nitrogens is 2. The molecule has 3 heterocycles. The zero-order valence-corrected chi connectivity index (χ0v) is 16.9. The van der Waals surface area contributed by atoms with Crippen LogP contribution in [0.1, 0.15) is 28.9 Å². The summed E-state index contributed by atoms with van der Waals surface area (Å²) < 4.78 is 0. The number of carbonyl (C=O) groups is 2. The van der Waals surface area contributed by atoms with Crippen LogP contribution in [-0.2, 0) is 6.54 Å². The van der Waals surface area contributed by atoms with Gasteiger partial charge in [-0.3, -0.25) is 9.89 Å². The summed E-state index contributed by atoms with van der Waals surface area (Å²) in [6, 6.07) is 7.43. The average Bonchev–Trinajstić information content (AvgIpc) is 3.40. The molecule has 1 aliphatic rings. The van der Waals surface area contributed by atoms with Gasteiger partial charge in [-0.15, -0.1) is 0 Å². The van der Waals surface area contributed by atoms with E-state index in [1.54, 1.807) is 23.0 Å². The van der Waals surface area contributed by atoms with Gasteiger partial charge in [-0.25, -0.2) is 4.79 Å². The van der Waals surface area contributed by atoms with E-state index in [9.17, 15) is 9.59 Å². The first-order valence-electron chi connectivity index (χ1n) is 9.57. The Morgan fingerprint density at radius 3 is 3.03 bits per heavy atom. The molecule has 3 aromatic rings. The number of halogens is 1. The molecule has 1 atom stereocenters. The minimum atomic E-state index is -0.163. The molecule has 0 bridgehead atoms. The van der Waals surface area contributed by atoms with Gasteiger partial charge in [0, 0.05) is 48.0 Å². The van der Waals surface area contributed by atoms with Gasteiger partial charge in [0.25, 0.3) is 5.91 Å². The minimum Gasteiger partial charge on any atom is -0.357 e. The van der Waals surface area contributed by atoms with Gasteiger partial charge in [0.2, 0.25) is 0 Å². The fraction of sp³-hybridized carbons (Fsp3) is 0.350. The Labute approximate surface area is 173 Å². The molecule has 0 radical (unpaired) electrons. The second-order valence-corrected chi connectivity index (χ2v) is 7.77. The Kier molecular flexibility index (Phi) is 5.44. The van der Waals surface area contributed by atoms with Crippen LogP contribution in [0, 0.1) is 0 Å². The van der Waals surface area contributed by atoms with Crippen LogP contribution in [0.3, 0.4) is 0 Å². The van der Waals surface area contributed by atoms with E-state index in [-0.39, 0.29) is 18.0 Å². The molecule has 152 valence electrons. The molecule has 1 unspecified atom stereocenters. The monoisotopic (exact) mass is 414 g/mol. The summed E-state index contributed by atoms with van der Waals surface area (Å²) in [7, 11) is 1.77. The number of benzene rings is 1. The Morgan fingerprint density at radius 1 is 1.38 bits per heavy atom. The van der Waals surface area contributed by atoms with E-state index in [0.29, 0.717) is 30.2 Å². The Bertz CT molecular complexity index is 1020. The summed E-state index contributed by atoms with van der Waals surface area (Å²) >= 11 is 6.03. The maximum atomic E-state index is 12.7. The number of nitrogens with zero attached hydrogens (tertiary/aromatic N) is 3. The summed E-state index contributed by atoms with van der Waals surface area (Å²) in [5.41, 5.74) is 2.42. The molecular formula is C20H23ClN6O2. The predicted molar refractivity (Wildman–Crippen MR) is 111 cm³/mol. The van der Waals surface area contributed by atoms with Crippen molar-refractivity contribution in [2.24, 2.45) is 0 Å². The number of rotatable bonds is 4. The lowest BCUT2D eigenvalue weighted by molar-refractivity contribution is 0.0636. The number of aromatic nitrogens is 3. The molecule has 1 fully saturated rings. The van der Waals surface area contributed by atoms with Gasteiger partial charge in [0.15, 0.2) is 0 Å². The van der Waals surface area contributed by atoms with Crippen LogP contribution < -0.4 is 5.32 Å². The maximum Gasteiger partial charge on any atom is 0.317 e. The number of likely N-dealkylation sites (N-methyl/N-ethyl adjacent to an activating group) is 1. The number of hydrogen-bond acceptors (Lipinski definition) is 3. The molecule has 0 aliphatic carbocycles. The number of hydrogen-bond donors (Lipinski definition) is 3.